The van der Waals surface area contributed by atoms with Crippen LogP contribution in [0.1, 0.15) is 34.3 Å². The number of ether oxygens (including phenoxy) is 1. The van der Waals surface area contributed by atoms with E-state index in [9.17, 15) is 9.90 Å². The van der Waals surface area contributed by atoms with Crippen LogP contribution in [0.5, 0.6) is 0 Å². The summed E-state index contributed by atoms with van der Waals surface area (Å²) in [6, 6.07) is 12.4. The summed E-state index contributed by atoms with van der Waals surface area (Å²) < 4.78 is 5.37. The molecule has 30 heavy (non-hydrogen) atoms. The summed E-state index contributed by atoms with van der Waals surface area (Å²) in [6.45, 7) is 0.514. The fourth-order valence-corrected chi connectivity index (χ4v) is 3.63. The Morgan fingerprint density at radius 1 is 1.23 bits per heavy atom. The summed E-state index contributed by atoms with van der Waals surface area (Å²) in [6.07, 6.45) is 6.05. The van der Waals surface area contributed by atoms with Crippen molar-refractivity contribution >= 4 is 40.6 Å². The molecule has 2 N–H and O–H groups in total. The molecular weight excluding hydrogens is 423 g/mol. The molecule has 0 atom stereocenters. The predicted octanol–water partition coefficient (Wildman–Crippen LogP) is 5.59. The van der Waals surface area contributed by atoms with E-state index in [0.29, 0.717) is 34.7 Å². The monoisotopic (exact) mass is 444 g/mol. The van der Waals surface area contributed by atoms with Crippen LogP contribution in [0.15, 0.2) is 65.5 Å². The number of carbonyl (C=O) groups is 1. The molecule has 0 unspecified atom stereocenters. The molecule has 0 saturated carbocycles. The van der Waals surface area contributed by atoms with Gasteiger partial charge in [0.15, 0.2) is 5.88 Å². The van der Waals surface area contributed by atoms with Crippen molar-refractivity contribution in [2.45, 2.75) is 19.3 Å². The minimum absolute atomic E-state index is 0.257. The molecule has 1 aliphatic heterocycles. The number of halogens is 2. The first-order valence-corrected chi connectivity index (χ1v) is 10.3. The Kier molecular flexibility index (Phi) is 7.55. The molecule has 0 saturated heterocycles. The maximum Gasteiger partial charge on any atom is 0.335 e. The molecule has 0 aliphatic carbocycles. The molecule has 2 aromatic rings. The van der Waals surface area contributed by atoms with Crippen molar-refractivity contribution in [3.63, 3.8) is 0 Å². The highest BCUT2D eigenvalue weighted by molar-refractivity contribution is 6.35. The van der Waals surface area contributed by atoms with Gasteiger partial charge in [-0.15, -0.1) is 0 Å². The number of aliphatic imine (C=N–C) groups is 1. The molecular formula is C23H22Cl2N2O3. The molecule has 0 fully saturated rings. The minimum atomic E-state index is -0.947. The Morgan fingerprint density at radius 2 is 2.07 bits per heavy atom. The normalized spacial score (nSPS) is 15.5. The van der Waals surface area contributed by atoms with Crippen LogP contribution in [0.3, 0.4) is 0 Å². The zero-order valence-corrected chi connectivity index (χ0v) is 18.0. The number of methoxy groups -OCH3 is 1. The predicted molar refractivity (Wildman–Crippen MR) is 121 cm³/mol. The fourth-order valence-electron chi connectivity index (χ4n) is 3.13. The van der Waals surface area contributed by atoms with E-state index in [0.717, 1.165) is 29.5 Å². The molecule has 3 rings (SSSR count). The molecule has 0 radical (unpaired) electrons. The molecule has 2 aromatic carbocycles. The minimum Gasteiger partial charge on any atom is -0.482 e. The second kappa shape index (κ2) is 10.3. The van der Waals surface area contributed by atoms with E-state index in [1.165, 1.54) is 0 Å². The first kappa shape index (κ1) is 21.9. The lowest BCUT2D eigenvalue weighted by Gasteiger charge is -2.16. The SMILES string of the molecule is COC1=CCCC(c2cccc(C(=O)O)c2)=CC(=NCCc2ccc(Cl)cc2Cl)N1. The number of carboxylic acid groups (broad SMARTS) is 1. The van der Waals surface area contributed by atoms with E-state index in [2.05, 4.69) is 10.3 Å². The van der Waals surface area contributed by atoms with Gasteiger partial charge >= 0.3 is 5.97 Å². The number of hydrogen-bond acceptors (Lipinski definition) is 3. The standard InChI is InChI=1S/C23H22Cl2N2O3/c1-30-22-7-3-5-17(16-4-2-6-18(12-16)23(28)29)13-21(27-22)26-11-10-15-8-9-19(24)14-20(15)25/h2,4,6-9,12-14H,3,5,10-11H2,1H3,(H,26,27)(H,28,29). The third-order valence-corrected chi connectivity index (χ3v) is 5.27. The fraction of sp³-hybridized carbons (Fsp3) is 0.217. The van der Waals surface area contributed by atoms with Crippen LogP contribution in [0.4, 0.5) is 0 Å². The van der Waals surface area contributed by atoms with Crippen LogP contribution in [0.25, 0.3) is 5.57 Å². The van der Waals surface area contributed by atoms with Gasteiger partial charge in [0, 0.05) is 16.6 Å². The van der Waals surface area contributed by atoms with Crippen LogP contribution in [-0.2, 0) is 11.2 Å². The number of hydrogen-bond donors (Lipinski definition) is 2. The molecule has 1 aliphatic rings. The summed E-state index contributed by atoms with van der Waals surface area (Å²) in [5, 5.41) is 13.7. The zero-order chi connectivity index (χ0) is 21.5. The lowest BCUT2D eigenvalue weighted by molar-refractivity contribution is 0.0697. The molecule has 7 heteroatoms. The Balaban J connectivity index is 1.85. The molecule has 156 valence electrons. The van der Waals surface area contributed by atoms with E-state index in [4.69, 9.17) is 27.9 Å². The average molecular weight is 445 g/mol. The topological polar surface area (TPSA) is 70.9 Å². The molecule has 5 nitrogen and oxygen atoms in total. The van der Waals surface area contributed by atoms with Gasteiger partial charge < -0.3 is 15.2 Å². The smallest absolute Gasteiger partial charge is 0.335 e. The number of allylic oxidation sites excluding steroid dienone is 2. The molecule has 0 amide bonds. The third kappa shape index (κ3) is 5.88. The average Bonchev–Trinajstić information content (AvgIpc) is 2.71. The van der Waals surface area contributed by atoms with Crippen molar-refractivity contribution in [3.05, 3.63) is 87.2 Å². The lowest BCUT2D eigenvalue weighted by Crippen LogP contribution is -2.24. The molecule has 1 heterocycles. The number of nitrogens with one attached hydrogen (secondary N) is 1. The maximum atomic E-state index is 11.3. The Hall–Kier alpha value is -2.76. The van der Waals surface area contributed by atoms with Crippen LogP contribution in [0, 0.1) is 0 Å². The van der Waals surface area contributed by atoms with E-state index >= 15 is 0 Å². The van der Waals surface area contributed by atoms with Crippen LogP contribution >= 0.6 is 23.2 Å². The van der Waals surface area contributed by atoms with Crippen molar-refractivity contribution in [3.8, 4) is 0 Å². The number of carboxylic acids is 1. The summed E-state index contributed by atoms with van der Waals surface area (Å²) in [5.41, 5.74) is 3.09. The van der Waals surface area contributed by atoms with E-state index in [1.54, 1.807) is 31.4 Å². The largest absolute Gasteiger partial charge is 0.482 e. The van der Waals surface area contributed by atoms with Gasteiger partial charge in [0.25, 0.3) is 0 Å². The highest BCUT2D eigenvalue weighted by Gasteiger charge is 2.12. The van der Waals surface area contributed by atoms with Crippen LogP contribution in [0.2, 0.25) is 10.0 Å². The number of rotatable bonds is 6. The second-order valence-electron chi connectivity index (χ2n) is 6.74. The van der Waals surface area contributed by atoms with Crippen molar-refractivity contribution in [1.29, 1.82) is 0 Å². The molecule has 0 spiro atoms. The number of nitrogens with zero attached hydrogens (tertiary/aromatic N) is 1. The highest BCUT2D eigenvalue weighted by atomic mass is 35.5. The van der Waals surface area contributed by atoms with Crippen molar-refractivity contribution in [2.24, 2.45) is 4.99 Å². The van der Waals surface area contributed by atoms with E-state index < -0.39 is 5.97 Å². The number of amidine groups is 1. The summed E-state index contributed by atoms with van der Waals surface area (Å²) in [4.78, 5) is 16.0. The van der Waals surface area contributed by atoms with Gasteiger partial charge in [-0.1, -0.05) is 41.4 Å². The molecule has 0 bridgehead atoms. The van der Waals surface area contributed by atoms with Crippen molar-refractivity contribution < 1.29 is 14.6 Å². The second-order valence-corrected chi connectivity index (χ2v) is 7.59. The summed E-state index contributed by atoms with van der Waals surface area (Å²) in [5.74, 6) is 0.327. The first-order valence-electron chi connectivity index (χ1n) is 9.50. The van der Waals surface area contributed by atoms with Crippen LogP contribution < -0.4 is 5.32 Å². The van der Waals surface area contributed by atoms with Crippen LogP contribution in [-0.4, -0.2) is 30.6 Å². The Bertz CT molecular complexity index is 1030. The van der Waals surface area contributed by atoms with Gasteiger partial charge in [0.05, 0.1) is 12.7 Å². The summed E-state index contributed by atoms with van der Waals surface area (Å²) in [7, 11) is 1.60. The van der Waals surface area contributed by atoms with Gasteiger partial charge in [0.2, 0.25) is 0 Å². The number of benzene rings is 2. The van der Waals surface area contributed by atoms with Gasteiger partial charge in [0.1, 0.15) is 5.84 Å². The van der Waals surface area contributed by atoms with E-state index in [-0.39, 0.29) is 5.56 Å². The summed E-state index contributed by atoms with van der Waals surface area (Å²) >= 11 is 12.2. The van der Waals surface area contributed by atoms with Gasteiger partial charge in [-0.25, -0.2) is 4.79 Å². The van der Waals surface area contributed by atoms with Gasteiger partial charge in [-0.05, 0) is 72.4 Å². The highest BCUT2D eigenvalue weighted by Crippen LogP contribution is 2.24. The van der Waals surface area contributed by atoms with Crippen molar-refractivity contribution in [1.82, 2.24) is 5.32 Å². The van der Waals surface area contributed by atoms with E-state index in [1.807, 2.05) is 30.4 Å². The van der Waals surface area contributed by atoms with Crippen molar-refractivity contribution in [2.75, 3.05) is 13.7 Å². The number of aromatic carboxylic acids is 1. The lowest BCUT2D eigenvalue weighted by atomic mass is 9.97. The zero-order valence-electron chi connectivity index (χ0n) is 16.5. The quantitative estimate of drug-likeness (QED) is 0.609. The third-order valence-electron chi connectivity index (χ3n) is 4.68. The van der Waals surface area contributed by atoms with Gasteiger partial charge in [-0.2, -0.15) is 0 Å². The Morgan fingerprint density at radius 3 is 2.80 bits per heavy atom. The first-order chi connectivity index (χ1) is 14.5. The Labute approximate surface area is 185 Å². The molecule has 0 aromatic heterocycles. The van der Waals surface area contributed by atoms with Gasteiger partial charge in [-0.3, -0.25) is 4.99 Å². The maximum absolute atomic E-state index is 11.3.